The molecule has 0 atom stereocenters. The molecule has 6 heteroatoms. The minimum Gasteiger partial charge on any atom is -0.464 e. The first kappa shape index (κ1) is 16.6. The van der Waals surface area contributed by atoms with E-state index in [2.05, 4.69) is 42.2 Å². The van der Waals surface area contributed by atoms with Gasteiger partial charge in [-0.05, 0) is 40.8 Å². The van der Waals surface area contributed by atoms with Gasteiger partial charge in [0.1, 0.15) is 0 Å². The fourth-order valence-electron chi connectivity index (χ4n) is 1.20. The second kappa shape index (κ2) is 7.33. The van der Waals surface area contributed by atoms with Crippen LogP contribution in [-0.2, 0) is 4.74 Å². The molecule has 0 saturated heterocycles. The normalized spacial score (nSPS) is 11.7. The van der Waals surface area contributed by atoms with Crippen molar-refractivity contribution in [3.63, 3.8) is 0 Å². The minimum absolute atomic E-state index is 0.185. The smallest absolute Gasteiger partial charge is 0.189 e. The van der Waals surface area contributed by atoms with E-state index in [0.29, 0.717) is 15.8 Å². The third-order valence-corrected chi connectivity index (χ3v) is 5.13. The predicted octanol–water partition coefficient (Wildman–Crippen LogP) is 5.29. The summed E-state index contributed by atoms with van der Waals surface area (Å²) in [5.41, 5.74) is 0. The summed E-state index contributed by atoms with van der Waals surface area (Å²) in [6, 6.07) is 4.74. The van der Waals surface area contributed by atoms with Gasteiger partial charge in [0.2, 0.25) is 0 Å². The number of hydrogen-bond acceptors (Lipinski definition) is 2. The highest BCUT2D eigenvalue weighted by molar-refractivity contribution is 14.1. The average molecular weight is 419 g/mol. The molecule has 0 bridgehead atoms. The zero-order valence-electron chi connectivity index (χ0n) is 10.7. The molecule has 0 aromatic heterocycles. The second-order valence-corrected chi connectivity index (χ2v) is 12.9. The largest absolute Gasteiger partial charge is 0.464 e. The van der Waals surface area contributed by atoms with Crippen LogP contribution in [0.15, 0.2) is 12.1 Å². The number of rotatable bonds is 6. The molecule has 0 spiro atoms. The summed E-state index contributed by atoms with van der Waals surface area (Å²) in [5.74, 6) is 0.492. The molecule has 0 aliphatic rings. The van der Waals surface area contributed by atoms with E-state index in [9.17, 15) is 0 Å². The summed E-state index contributed by atoms with van der Waals surface area (Å²) >= 11 is 14.3. The van der Waals surface area contributed by atoms with Crippen LogP contribution in [0, 0.1) is 3.57 Å². The molecule has 0 aliphatic carbocycles. The van der Waals surface area contributed by atoms with E-state index in [4.69, 9.17) is 32.7 Å². The third-order valence-electron chi connectivity index (χ3n) is 2.25. The number of ether oxygens (including phenoxy) is 2. The van der Waals surface area contributed by atoms with Crippen LogP contribution in [-0.4, -0.2) is 21.5 Å². The van der Waals surface area contributed by atoms with Crippen molar-refractivity contribution in [2.24, 2.45) is 0 Å². The Balaban J connectivity index is 2.41. The lowest BCUT2D eigenvalue weighted by atomic mass is 10.3. The van der Waals surface area contributed by atoms with Crippen LogP contribution in [0.2, 0.25) is 35.7 Å². The van der Waals surface area contributed by atoms with E-state index in [0.717, 1.165) is 16.2 Å². The molecule has 102 valence electrons. The van der Waals surface area contributed by atoms with Crippen molar-refractivity contribution in [3.8, 4) is 5.75 Å². The van der Waals surface area contributed by atoms with Crippen molar-refractivity contribution in [2.75, 3.05) is 13.4 Å². The summed E-state index contributed by atoms with van der Waals surface area (Å²) < 4.78 is 11.9. The molecule has 0 saturated carbocycles. The first-order valence-electron chi connectivity index (χ1n) is 5.65. The Labute approximate surface area is 133 Å². The maximum Gasteiger partial charge on any atom is 0.189 e. The fourth-order valence-corrected chi connectivity index (χ4v) is 3.55. The van der Waals surface area contributed by atoms with Crippen molar-refractivity contribution in [1.82, 2.24) is 0 Å². The lowest BCUT2D eigenvalue weighted by Crippen LogP contribution is -2.22. The number of benzene rings is 1. The Bertz CT molecular complexity index is 385. The summed E-state index contributed by atoms with van der Waals surface area (Å²) in [4.78, 5) is 0. The van der Waals surface area contributed by atoms with E-state index in [1.54, 1.807) is 0 Å². The highest BCUT2D eigenvalue weighted by atomic mass is 127. The highest BCUT2D eigenvalue weighted by Crippen LogP contribution is 2.34. The molecule has 0 aliphatic heterocycles. The molecule has 1 rings (SSSR count). The molecule has 18 heavy (non-hydrogen) atoms. The third kappa shape index (κ3) is 6.10. The van der Waals surface area contributed by atoms with Gasteiger partial charge in [0.25, 0.3) is 0 Å². The fraction of sp³-hybridized carbons (Fsp3) is 0.500. The second-order valence-electron chi connectivity index (χ2n) is 5.18. The van der Waals surface area contributed by atoms with Crippen molar-refractivity contribution >= 4 is 53.9 Å². The maximum atomic E-state index is 6.06. The van der Waals surface area contributed by atoms with Gasteiger partial charge in [-0.1, -0.05) is 42.8 Å². The lowest BCUT2D eigenvalue weighted by molar-refractivity contribution is 0.0221. The SMILES string of the molecule is C[Si](C)(C)CCOCOc1c(Cl)cc(I)cc1Cl. The molecule has 1 aromatic carbocycles. The van der Waals surface area contributed by atoms with Gasteiger partial charge in [0, 0.05) is 18.3 Å². The van der Waals surface area contributed by atoms with Gasteiger partial charge in [0.15, 0.2) is 12.5 Å². The Morgan fingerprint density at radius 2 is 1.72 bits per heavy atom. The Kier molecular flexibility index (Phi) is 6.75. The van der Waals surface area contributed by atoms with E-state index in [1.165, 1.54) is 0 Å². The van der Waals surface area contributed by atoms with Gasteiger partial charge < -0.3 is 9.47 Å². The van der Waals surface area contributed by atoms with Crippen molar-refractivity contribution < 1.29 is 9.47 Å². The predicted molar refractivity (Wildman–Crippen MR) is 88.8 cm³/mol. The van der Waals surface area contributed by atoms with Gasteiger partial charge in [0.05, 0.1) is 10.0 Å². The summed E-state index contributed by atoms with van der Waals surface area (Å²) in [5, 5.41) is 1.03. The minimum atomic E-state index is -1.05. The number of hydrogen-bond donors (Lipinski definition) is 0. The molecule has 0 amide bonds. The van der Waals surface area contributed by atoms with Crippen LogP contribution in [0.5, 0.6) is 5.75 Å². The standard InChI is InChI=1S/C12H17Cl2IO2Si/c1-18(2,3)5-4-16-8-17-12-10(13)6-9(15)7-11(12)14/h6-7H,4-5,8H2,1-3H3. The molecule has 0 N–H and O–H groups in total. The van der Waals surface area contributed by atoms with Crippen LogP contribution >= 0.6 is 45.8 Å². The van der Waals surface area contributed by atoms with Gasteiger partial charge in [-0.15, -0.1) is 0 Å². The van der Waals surface area contributed by atoms with Crippen molar-refractivity contribution in [2.45, 2.75) is 25.7 Å². The van der Waals surface area contributed by atoms with E-state index in [-0.39, 0.29) is 6.79 Å². The van der Waals surface area contributed by atoms with E-state index >= 15 is 0 Å². The lowest BCUT2D eigenvalue weighted by Gasteiger charge is -2.16. The Hall–Kier alpha value is 0.507. The topological polar surface area (TPSA) is 18.5 Å². The quantitative estimate of drug-likeness (QED) is 0.270. The zero-order valence-corrected chi connectivity index (χ0v) is 15.4. The summed E-state index contributed by atoms with van der Waals surface area (Å²) in [6.07, 6.45) is 0. The van der Waals surface area contributed by atoms with E-state index in [1.807, 2.05) is 12.1 Å². The Morgan fingerprint density at radius 3 is 2.22 bits per heavy atom. The van der Waals surface area contributed by atoms with Gasteiger partial charge in [-0.2, -0.15) is 0 Å². The molecule has 0 heterocycles. The van der Waals surface area contributed by atoms with Crippen molar-refractivity contribution in [3.05, 3.63) is 25.7 Å². The first-order valence-corrected chi connectivity index (χ1v) is 11.2. The van der Waals surface area contributed by atoms with Gasteiger partial charge in [-0.25, -0.2) is 0 Å². The molecular formula is C12H17Cl2IO2Si. The average Bonchev–Trinajstić information content (AvgIpc) is 2.19. The molecule has 2 nitrogen and oxygen atoms in total. The molecular weight excluding hydrogens is 402 g/mol. The number of halogens is 3. The highest BCUT2D eigenvalue weighted by Gasteiger charge is 2.12. The van der Waals surface area contributed by atoms with Crippen LogP contribution in [0.25, 0.3) is 0 Å². The van der Waals surface area contributed by atoms with Crippen LogP contribution in [0.3, 0.4) is 0 Å². The van der Waals surface area contributed by atoms with Crippen molar-refractivity contribution in [1.29, 1.82) is 0 Å². The Morgan fingerprint density at radius 1 is 1.17 bits per heavy atom. The first-order chi connectivity index (χ1) is 8.29. The zero-order chi connectivity index (χ0) is 13.8. The monoisotopic (exact) mass is 418 g/mol. The summed E-state index contributed by atoms with van der Waals surface area (Å²) in [7, 11) is -1.05. The van der Waals surface area contributed by atoms with Crippen LogP contribution < -0.4 is 4.74 Å². The molecule has 0 unspecified atom stereocenters. The van der Waals surface area contributed by atoms with Crippen LogP contribution in [0.4, 0.5) is 0 Å². The van der Waals surface area contributed by atoms with Gasteiger partial charge in [-0.3, -0.25) is 0 Å². The van der Waals surface area contributed by atoms with Crippen LogP contribution in [0.1, 0.15) is 0 Å². The van der Waals surface area contributed by atoms with Gasteiger partial charge >= 0.3 is 0 Å². The molecule has 0 radical (unpaired) electrons. The molecule has 0 fully saturated rings. The molecule has 1 aromatic rings. The van der Waals surface area contributed by atoms with E-state index < -0.39 is 8.07 Å². The maximum absolute atomic E-state index is 6.06. The summed E-state index contributed by atoms with van der Waals surface area (Å²) in [6.45, 7) is 7.83.